The van der Waals surface area contributed by atoms with Crippen LogP contribution in [0.4, 0.5) is 0 Å². The van der Waals surface area contributed by atoms with Gasteiger partial charge in [-0.05, 0) is 29.8 Å². The lowest BCUT2D eigenvalue weighted by Crippen LogP contribution is -2.09. The third kappa shape index (κ3) is 3.48. The maximum atomic E-state index is 9.97. The van der Waals surface area contributed by atoms with Crippen LogP contribution in [0.3, 0.4) is 0 Å². The van der Waals surface area contributed by atoms with E-state index < -0.39 is 6.10 Å². The molecule has 2 N–H and O–H groups in total. The molecule has 2 aromatic rings. The average Bonchev–Trinajstić information content (AvgIpc) is 2.36. The molecular weight excluding hydrogens is 296 g/mol. The molecule has 1 unspecified atom stereocenters. The first-order valence-electron chi connectivity index (χ1n) is 5.50. The molecule has 4 heteroatoms. The van der Waals surface area contributed by atoms with Crippen molar-refractivity contribution in [1.29, 1.82) is 0 Å². The van der Waals surface area contributed by atoms with Crippen molar-refractivity contribution in [2.75, 3.05) is 6.61 Å². The first kappa shape index (κ1) is 12.9. The fourth-order valence-corrected chi connectivity index (χ4v) is 1.98. The third-order valence-electron chi connectivity index (χ3n) is 2.46. The molecular formula is C14H13BrO3. The number of aromatic hydroxyl groups is 1. The van der Waals surface area contributed by atoms with Gasteiger partial charge in [-0.15, -0.1) is 0 Å². The number of ether oxygens (including phenoxy) is 1. The van der Waals surface area contributed by atoms with E-state index in [0.29, 0.717) is 5.75 Å². The van der Waals surface area contributed by atoms with Crippen molar-refractivity contribution in [2.24, 2.45) is 0 Å². The highest BCUT2D eigenvalue weighted by molar-refractivity contribution is 9.10. The van der Waals surface area contributed by atoms with Gasteiger partial charge in [0.1, 0.15) is 24.2 Å². The number of halogens is 1. The van der Waals surface area contributed by atoms with Gasteiger partial charge in [-0.2, -0.15) is 0 Å². The summed E-state index contributed by atoms with van der Waals surface area (Å²) in [6.45, 7) is 0.139. The minimum atomic E-state index is -0.704. The standard InChI is InChI=1S/C14H13BrO3/c15-11-4-1-3-10(7-11)14(17)9-18-13-6-2-5-12(16)8-13/h1-8,14,16-17H,9H2. The number of aliphatic hydroxyl groups is 1. The third-order valence-corrected chi connectivity index (χ3v) is 2.95. The molecule has 2 aromatic carbocycles. The van der Waals surface area contributed by atoms with Gasteiger partial charge in [0.2, 0.25) is 0 Å². The SMILES string of the molecule is Oc1cccc(OCC(O)c2cccc(Br)c2)c1. The molecule has 0 aliphatic rings. The molecule has 0 bridgehead atoms. The predicted octanol–water partition coefficient (Wildman–Crippen LogP) is 3.27. The fourth-order valence-electron chi connectivity index (χ4n) is 1.56. The number of hydrogen-bond donors (Lipinski definition) is 2. The Morgan fingerprint density at radius 1 is 1.11 bits per heavy atom. The van der Waals surface area contributed by atoms with Gasteiger partial charge in [0.25, 0.3) is 0 Å². The molecule has 0 fully saturated rings. The van der Waals surface area contributed by atoms with Gasteiger partial charge in [-0.3, -0.25) is 0 Å². The molecule has 0 aromatic heterocycles. The van der Waals surface area contributed by atoms with Crippen molar-refractivity contribution < 1.29 is 14.9 Å². The highest BCUT2D eigenvalue weighted by Crippen LogP contribution is 2.21. The van der Waals surface area contributed by atoms with Crippen molar-refractivity contribution in [1.82, 2.24) is 0 Å². The molecule has 0 aliphatic heterocycles. The smallest absolute Gasteiger partial charge is 0.123 e. The molecule has 1 atom stereocenters. The van der Waals surface area contributed by atoms with Crippen LogP contribution in [0.1, 0.15) is 11.7 Å². The number of rotatable bonds is 4. The van der Waals surface area contributed by atoms with Gasteiger partial charge in [-0.1, -0.05) is 34.1 Å². The lowest BCUT2D eigenvalue weighted by Gasteiger charge is -2.13. The zero-order chi connectivity index (χ0) is 13.0. The topological polar surface area (TPSA) is 49.7 Å². The van der Waals surface area contributed by atoms with E-state index in [9.17, 15) is 10.2 Å². The Morgan fingerprint density at radius 2 is 1.89 bits per heavy atom. The number of phenols is 1. The molecule has 0 saturated heterocycles. The summed E-state index contributed by atoms with van der Waals surface area (Å²) in [6.07, 6.45) is -0.704. The summed E-state index contributed by atoms with van der Waals surface area (Å²) in [5.41, 5.74) is 0.782. The quantitative estimate of drug-likeness (QED) is 0.911. The van der Waals surface area contributed by atoms with Crippen LogP contribution in [-0.2, 0) is 0 Å². The van der Waals surface area contributed by atoms with Crippen molar-refractivity contribution in [3.8, 4) is 11.5 Å². The second-order valence-electron chi connectivity index (χ2n) is 3.88. The highest BCUT2D eigenvalue weighted by atomic mass is 79.9. The molecule has 0 aliphatic carbocycles. The van der Waals surface area contributed by atoms with E-state index in [0.717, 1.165) is 10.0 Å². The van der Waals surface area contributed by atoms with Crippen LogP contribution < -0.4 is 4.74 Å². The zero-order valence-corrected chi connectivity index (χ0v) is 11.2. The number of hydrogen-bond acceptors (Lipinski definition) is 3. The summed E-state index contributed by atoms with van der Waals surface area (Å²) in [6, 6.07) is 13.9. The van der Waals surface area contributed by atoms with Gasteiger partial charge in [-0.25, -0.2) is 0 Å². The summed E-state index contributed by atoms with van der Waals surface area (Å²) in [5.74, 6) is 0.675. The zero-order valence-electron chi connectivity index (χ0n) is 9.58. The molecule has 3 nitrogen and oxygen atoms in total. The van der Waals surface area contributed by atoms with E-state index in [1.54, 1.807) is 18.2 Å². The molecule has 0 saturated carbocycles. The first-order valence-corrected chi connectivity index (χ1v) is 6.30. The lowest BCUT2D eigenvalue weighted by molar-refractivity contribution is 0.108. The largest absolute Gasteiger partial charge is 0.508 e. The van der Waals surface area contributed by atoms with Crippen LogP contribution in [-0.4, -0.2) is 16.8 Å². The van der Waals surface area contributed by atoms with Gasteiger partial charge in [0.05, 0.1) is 0 Å². The van der Waals surface area contributed by atoms with Crippen molar-refractivity contribution in [3.05, 3.63) is 58.6 Å². The minimum absolute atomic E-state index is 0.139. The number of phenolic OH excluding ortho intramolecular Hbond substituents is 1. The Balaban J connectivity index is 1.98. The van der Waals surface area contributed by atoms with E-state index in [1.807, 2.05) is 24.3 Å². The van der Waals surface area contributed by atoms with Crippen molar-refractivity contribution in [3.63, 3.8) is 0 Å². The number of benzene rings is 2. The lowest BCUT2D eigenvalue weighted by atomic mass is 10.1. The van der Waals surface area contributed by atoms with Gasteiger partial charge in [0, 0.05) is 10.5 Å². The van der Waals surface area contributed by atoms with Crippen molar-refractivity contribution in [2.45, 2.75) is 6.10 Å². The van der Waals surface area contributed by atoms with Crippen LogP contribution in [0.25, 0.3) is 0 Å². The van der Waals surface area contributed by atoms with E-state index in [-0.39, 0.29) is 12.4 Å². The summed E-state index contributed by atoms with van der Waals surface area (Å²) in [5, 5.41) is 19.3. The first-order chi connectivity index (χ1) is 8.65. The van der Waals surface area contributed by atoms with Crippen LogP contribution in [0, 0.1) is 0 Å². The Morgan fingerprint density at radius 3 is 2.61 bits per heavy atom. The minimum Gasteiger partial charge on any atom is -0.508 e. The van der Waals surface area contributed by atoms with Gasteiger partial charge >= 0.3 is 0 Å². The van der Waals surface area contributed by atoms with Crippen LogP contribution in [0.15, 0.2) is 53.0 Å². The molecule has 0 heterocycles. The predicted molar refractivity (Wildman–Crippen MR) is 72.7 cm³/mol. The second-order valence-corrected chi connectivity index (χ2v) is 4.79. The van der Waals surface area contributed by atoms with Gasteiger partial charge < -0.3 is 14.9 Å². The average molecular weight is 309 g/mol. The monoisotopic (exact) mass is 308 g/mol. The van der Waals surface area contributed by atoms with E-state index in [1.165, 1.54) is 6.07 Å². The second kappa shape index (κ2) is 5.89. The number of aliphatic hydroxyl groups excluding tert-OH is 1. The Kier molecular flexibility index (Phi) is 4.23. The van der Waals surface area contributed by atoms with Gasteiger partial charge in [0.15, 0.2) is 0 Å². The maximum absolute atomic E-state index is 9.97. The van der Waals surface area contributed by atoms with Crippen LogP contribution in [0.2, 0.25) is 0 Å². The van der Waals surface area contributed by atoms with Crippen molar-refractivity contribution >= 4 is 15.9 Å². The normalized spacial score (nSPS) is 12.1. The van der Waals surface area contributed by atoms with Crippen LogP contribution in [0.5, 0.6) is 11.5 Å². The Hall–Kier alpha value is -1.52. The van der Waals surface area contributed by atoms with Crippen LogP contribution >= 0.6 is 15.9 Å². The van der Waals surface area contributed by atoms with E-state index in [2.05, 4.69) is 15.9 Å². The molecule has 0 amide bonds. The summed E-state index contributed by atoms with van der Waals surface area (Å²) < 4.78 is 6.33. The molecule has 2 rings (SSSR count). The molecule has 94 valence electrons. The Bertz CT molecular complexity index is 528. The summed E-state index contributed by atoms with van der Waals surface area (Å²) in [4.78, 5) is 0. The molecule has 0 spiro atoms. The molecule has 18 heavy (non-hydrogen) atoms. The maximum Gasteiger partial charge on any atom is 0.123 e. The van der Waals surface area contributed by atoms with E-state index >= 15 is 0 Å². The summed E-state index contributed by atoms with van der Waals surface area (Å²) in [7, 11) is 0. The highest BCUT2D eigenvalue weighted by Gasteiger charge is 2.08. The van der Waals surface area contributed by atoms with E-state index in [4.69, 9.17) is 4.74 Å². The summed E-state index contributed by atoms with van der Waals surface area (Å²) >= 11 is 3.35. The fraction of sp³-hybridized carbons (Fsp3) is 0.143. The molecule has 0 radical (unpaired) electrons. The Labute approximate surface area is 114 Å².